The topological polar surface area (TPSA) is 113 Å². The second-order valence-corrected chi connectivity index (χ2v) is 13.4. The minimum atomic E-state index is -2.08. The van der Waals surface area contributed by atoms with Crippen LogP contribution in [0.3, 0.4) is 0 Å². The zero-order chi connectivity index (χ0) is 30.3. The van der Waals surface area contributed by atoms with Crippen molar-refractivity contribution in [1.82, 2.24) is 4.90 Å². The fourth-order valence-corrected chi connectivity index (χ4v) is 8.75. The number of anilines is 1. The number of benzene rings is 2. The van der Waals surface area contributed by atoms with Crippen LogP contribution >= 0.6 is 55.1 Å². The number of likely N-dealkylation sites (tertiary alicyclic amines) is 1. The molecule has 6 atom stereocenters. The summed E-state index contributed by atoms with van der Waals surface area (Å²) >= 11 is 21.1. The number of fused-ring (bicyclic) bond motifs is 4. The van der Waals surface area contributed by atoms with Crippen LogP contribution in [0, 0.1) is 17.8 Å². The Kier molecular flexibility index (Phi) is 7.19. The Hall–Kier alpha value is -2.60. The molecule has 1 N–H and O–H groups in total. The van der Waals surface area contributed by atoms with Gasteiger partial charge in [0.2, 0.25) is 11.8 Å². The molecule has 2 saturated heterocycles. The van der Waals surface area contributed by atoms with Gasteiger partial charge in [-0.05, 0) is 43.0 Å². The number of amides is 4. The first-order chi connectivity index (χ1) is 19.9. The van der Waals surface area contributed by atoms with Gasteiger partial charge in [0, 0.05) is 28.1 Å². The van der Waals surface area contributed by atoms with E-state index in [0.29, 0.717) is 11.3 Å². The predicted molar refractivity (Wildman–Crippen MR) is 161 cm³/mol. The Bertz CT molecular complexity index is 1580. The molecular formula is C29H24Br2Cl2N2O7. The molecule has 2 aromatic carbocycles. The van der Waals surface area contributed by atoms with E-state index < -0.39 is 51.1 Å². The minimum absolute atomic E-state index is 0.131. The van der Waals surface area contributed by atoms with E-state index in [1.807, 2.05) is 0 Å². The number of hydrogen-bond donors (Lipinski definition) is 1. The maximum atomic E-state index is 14.1. The van der Waals surface area contributed by atoms with Gasteiger partial charge in [0.05, 0.1) is 37.2 Å². The van der Waals surface area contributed by atoms with Gasteiger partial charge in [0.15, 0.2) is 9.75 Å². The number of methoxy groups -OCH3 is 2. The third-order valence-corrected chi connectivity index (χ3v) is 11.4. The van der Waals surface area contributed by atoms with E-state index in [-0.39, 0.29) is 47.0 Å². The molecule has 3 fully saturated rings. The van der Waals surface area contributed by atoms with Gasteiger partial charge in [0.25, 0.3) is 11.8 Å². The molecule has 1 saturated carbocycles. The Morgan fingerprint density at radius 1 is 1.00 bits per heavy atom. The van der Waals surface area contributed by atoms with Gasteiger partial charge < -0.3 is 14.6 Å². The molecule has 6 rings (SSSR count). The van der Waals surface area contributed by atoms with Crippen LogP contribution in [-0.2, 0) is 19.2 Å². The summed E-state index contributed by atoms with van der Waals surface area (Å²) in [6, 6.07) is 9.72. The van der Waals surface area contributed by atoms with Crippen LogP contribution in [0.15, 0.2) is 52.5 Å². The lowest BCUT2D eigenvalue weighted by Crippen LogP contribution is -2.60. The Balaban J connectivity index is 1.56. The highest BCUT2D eigenvalue weighted by Gasteiger charge is 2.76. The van der Waals surface area contributed by atoms with Crippen LogP contribution in [-0.4, -0.2) is 63.1 Å². The fourth-order valence-electron chi connectivity index (χ4n) is 7.08. The van der Waals surface area contributed by atoms with Crippen molar-refractivity contribution in [3.05, 3.63) is 58.1 Å². The maximum absolute atomic E-state index is 14.1. The smallest absolute Gasteiger partial charge is 0.254 e. The third kappa shape index (κ3) is 3.79. The van der Waals surface area contributed by atoms with E-state index >= 15 is 0 Å². The van der Waals surface area contributed by atoms with Crippen LogP contribution in [0.25, 0.3) is 0 Å². The number of phenols is 1. The standard InChI is InChI=1S/C29H24Br2Cl2N2O7/c1-41-15-9-19(36)22(20(10-15)42-2)23-16-7-8-17-21(25(38)35(24(17)37)14-5-3-13(31)4-6-14)18(16)11-28(32)26(39)34(12-30)27(40)29(23,28)33/h3-7,9-10,17-18,21,23,36H,8,11-12H2,1-2H3/t17-,18+,21-,23+,28+,29-/m0/s1. The summed E-state index contributed by atoms with van der Waals surface area (Å²) in [6.45, 7) is 0. The molecule has 9 nitrogen and oxygen atoms in total. The number of carbonyl (C=O) groups is 4. The van der Waals surface area contributed by atoms with Crippen molar-refractivity contribution in [2.75, 3.05) is 24.6 Å². The molecule has 2 aliphatic heterocycles. The molecule has 4 aliphatic rings. The van der Waals surface area contributed by atoms with E-state index in [9.17, 15) is 24.3 Å². The quantitative estimate of drug-likeness (QED) is 0.197. The molecule has 4 amide bonds. The molecule has 42 heavy (non-hydrogen) atoms. The van der Waals surface area contributed by atoms with Crippen LogP contribution in [0.5, 0.6) is 17.2 Å². The van der Waals surface area contributed by atoms with Gasteiger partial charge in [-0.15, -0.1) is 23.2 Å². The van der Waals surface area contributed by atoms with Gasteiger partial charge in [-0.25, -0.2) is 0 Å². The first-order valence-electron chi connectivity index (χ1n) is 13.0. The highest BCUT2D eigenvalue weighted by molar-refractivity contribution is 9.10. The normalized spacial score (nSPS) is 32.0. The van der Waals surface area contributed by atoms with Gasteiger partial charge in [-0.2, -0.15) is 0 Å². The molecule has 2 aliphatic carbocycles. The molecule has 0 aromatic heterocycles. The summed E-state index contributed by atoms with van der Waals surface area (Å²) in [5.41, 5.74) is 0.941. The molecule has 0 bridgehead atoms. The van der Waals surface area contributed by atoms with Crippen LogP contribution in [0.1, 0.15) is 24.3 Å². The van der Waals surface area contributed by atoms with Crippen molar-refractivity contribution in [2.45, 2.75) is 28.5 Å². The number of nitrogens with zero attached hydrogens (tertiary/aromatic N) is 2. The van der Waals surface area contributed by atoms with E-state index in [2.05, 4.69) is 31.9 Å². The van der Waals surface area contributed by atoms with Crippen LogP contribution in [0.4, 0.5) is 5.69 Å². The van der Waals surface area contributed by atoms with E-state index in [1.54, 1.807) is 30.3 Å². The Morgan fingerprint density at radius 3 is 2.31 bits per heavy atom. The number of alkyl halides is 3. The van der Waals surface area contributed by atoms with E-state index in [0.717, 1.165) is 9.37 Å². The largest absolute Gasteiger partial charge is 0.507 e. The lowest BCUT2D eigenvalue weighted by Gasteiger charge is -2.51. The lowest BCUT2D eigenvalue weighted by molar-refractivity contribution is -0.138. The summed E-state index contributed by atoms with van der Waals surface area (Å²) < 4.78 is 11.7. The molecular weight excluding hydrogens is 719 g/mol. The summed E-state index contributed by atoms with van der Waals surface area (Å²) in [5, 5.41) is 11.3. The summed E-state index contributed by atoms with van der Waals surface area (Å²) in [7, 11) is 2.81. The number of imide groups is 2. The van der Waals surface area contributed by atoms with Crippen LogP contribution < -0.4 is 14.4 Å². The molecule has 2 heterocycles. The molecule has 2 aromatic rings. The van der Waals surface area contributed by atoms with E-state index in [4.69, 9.17) is 32.7 Å². The molecule has 0 radical (unpaired) electrons. The van der Waals surface area contributed by atoms with Gasteiger partial charge in [-0.1, -0.05) is 43.5 Å². The molecule has 0 spiro atoms. The first kappa shape index (κ1) is 29.5. The summed E-state index contributed by atoms with van der Waals surface area (Å²) in [5.74, 6) is -5.58. The predicted octanol–water partition coefficient (Wildman–Crippen LogP) is 5.09. The highest BCUT2D eigenvalue weighted by atomic mass is 79.9. The highest BCUT2D eigenvalue weighted by Crippen LogP contribution is 2.67. The number of carbonyl (C=O) groups excluding carboxylic acids is 4. The van der Waals surface area contributed by atoms with Crippen molar-refractivity contribution in [2.24, 2.45) is 17.8 Å². The molecule has 220 valence electrons. The van der Waals surface area contributed by atoms with Gasteiger partial charge in [0.1, 0.15) is 17.2 Å². The number of halogens is 4. The lowest BCUT2D eigenvalue weighted by atomic mass is 9.56. The third-order valence-electron chi connectivity index (χ3n) is 8.94. The second-order valence-electron chi connectivity index (χ2n) is 10.7. The Labute approximate surface area is 268 Å². The monoisotopic (exact) mass is 740 g/mol. The Morgan fingerprint density at radius 2 is 1.69 bits per heavy atom. The van der Waals surface area contributed by atoms with Crippen molar-refractivity contribution in [1.29, 1.82) is 0 Å². The number of allylic oxidation sites excluding steroid dienone is 2. The SMILES string of the molecule is COc1cc(O)c([C@H]2C3=CC[C@@H]4C(=O)N(c5ccc(Br)cc5)C(=O)[C@@H]4[C@@H]3C[C@@]3(Cl)C(=O)N(CBr)C(=O)[C@@]23Cl)c(OC)c1. The van der Waals surface area contributed by atoms with Gasteiger partial charge in [-0.3, -0.25) is 29.0 Å². The van der Waals surface area contributed by atoms with Gasteiger partial charge >= 0.3 is 0 Å². The number of ether oxygens (including phenoxy) is 2. The van der Waals surface area contributed by atoms with Crippen molar-refractivity contribution < 1.29 is 33.8 Å². The zero-order valence-corrected chi connectivity index (χ0v) is 27.0. The maximum Gasteiger partial charge on any atom is 0.254 e. The molecule has 13 heteroatoms. The number of phenolic OH excluding ortho intramolecular Hbond substituents is 1. The van der Waals surface area contributed by atoms with Crippen LogP contribution in [0.2, 0.25) is 0 Å². The molecule has 0 unspecified atom stereocenters. The van der Waals surface area contributed by atoms with Crippen molar-refractivity contribution in [3.63, 3.8) is 0 Å². The van der Waals surface area contributed by atoms with E-state index in [1.165, 1.54) is 31.3 Å². The number of aromatic hydroxyl groups is 1. The summed E-state index contributed by atoms with van der Waals surface area (Å²) in [6.07, 6.45) is 1.82. The number of rotatable bonds is 5. The summed E-state index contributed by atoms with van der Waals surface area (Å²) in [4.78, 5) is 53.6. The number of hydrogen-bond acceptors (Lipinski definition) is 7. The average molecular weight is 743 g/mol. The zero-order valence-electron chi connectivity index (χ0n) is 22.3. The van der Waals surface area contributed by atoms with Crippen molar-refractivity contribution in [3.8, 4) is 17.2 Å². The fraction of sp³-hybridized carbons (Fsp3) is 0.379. The first-order valence-corrected chi connectivity index (χ1v) is 15.7. The minimum Gasteiger partial charge on any atom is -0.507 e. The average Bonchev–Trinajstić information content (AvgIpc) is 3.31. The van der Waals surface area contributed by atoms with Crippen molar-refractivity contribution >= 4 is 84.4 Å². The second kappa shape index (κ2) is 10.2.